The van der Waals surface area contributed by atoms with Crippen LogP contribution in [-0.2, 0) is 11.3 Å². The summed E-state index contributed by atoms with van der Waals surface area (Å²) in [6.45, 7) is 4.39. The maximum Gasteiger partial charge on any atom is 0.314 e. The molecule has 3 amide bonds. The zero-order valence-corrected chi connectivity index (χ0v) is 12.8. The van der Waals surface area contributed by atoms with Crippen molar-refractivity contribution in [2.45, 2.75) is 32.9 Å². The molecule has 1 aromatic rings. The molecule has 0 saturated carbocycles. The molecule has 0 unspecified atom stereocenters. The van der Waals surface area contributed by atoms with Crippen LogP contribution in [0.5, 0.6) is 5.75 Å². The number of carbonyl (C=O) groups is 2. The minimum atomic E-state index is -0.630. The molecule has 0 aliphatic carbocycles. The summed E-state index contributed by atoms with van der Waals surface area (Å²) < 4.78 is 5.72. The molecule has 0 aliphatic rings. The number of benzene rings is 1. The van der Waals surface area contributed by atoms with Crippen LogP contribution in [0.4, 0.5) is 4.79 Å². The highest BCUT2D eigenvalue weighted by Gasteiger charge is 2.09. The van der Waals surface area contributed by atoms with Gasteiger partial charge in [0, 0.05) is 13.6 Å². The summed E-state index contributed by atoms with van der Waals surface area (Å²) in [5.74, 6) is 0.523. The first-order valence-corrected chi connectivity index (χ1v) is 6.95. The van der Waals surface area contributed by atoms with E-state index in [4.69, 9.17) is 10.5 Å². The highest BCUT2D eigenvalue weighted by atomic mass is 16.5. The molecule has 1 aromatic carbocycles. The van der Waals surface area contributed by atoms with Gasteiger partial charge in [0.15, 0.2) is 0 Å². The molecule has 0 bridgehead atoms. The Morgan fingerprint density at radius 2 is 2.14 bits per heavy atom. The van der Waals surface area contributed by atoms with Crippen molar-refractivity contribution in [3.63, 3.8) is 0 Å². The first kappa shape index (κ1) is 16.8. The quantitative estimate of drug-likeness (QED) is 0.798. The van der Waals surface area contributed by atoms with Crippen molar-refractivity contribution in [3.8, 4) is 5.75 Å². The molecule has 1 atom stereocenters. The topological polar surface area (TPSA) is 84.7 Å². The van der Waals surface area contributed by atoms with Gasteiger partial charge in [0.05, 0.1) is 6.10 Å². The molecular weight excluding hydrogens is 270 g/mol. The SMILES string of the molecule is CC[C@@H](C)Oc1cccc(CNC(=O)CN(C)C(N)=O)c1. The number of rotatable bonds is 7. The number of urea groups is 1. The van der Waals surface area contributed by atoms with E-state index in [1.807, 2.05) is 31.2 Å². The van der Waals surface area contributed by atoms with Crippen molar-refractivity contribution in [1.29, 1.82) is 0 Å². The monoisotopic (exact) mass is 293 g/mol. The molecule has 0 aliphatic heterocycles. The lowest BCUT2D eigenvalue weighted by atomic mass is 10.2. The van der Waals surface area contributed by atoms with Crippen LogP contribution in [0.3, 0.4) is 0 Å². The van der Waals surface area contributed by atoms with E-state index < -0.39 is 6.03 Å². The summed E-state index contributed by atoms with van der Waals surface area (Å²) >= 11 is 0. The van der Waals surface area contributed by atoms with Crippen molar-refractivity contribution in [3.05, 3.63) is 29.8 Å². The average molecular weight is 293 g/mol. The van der Waals surface area contributed by atoms with Gasteiger partial charge in [-0.2, -0.15) is 0 Å². The Kier molecular flexibility index (Phi) is 6.52. The summed E-state index contributed by atoms with van der Waals surface area (Å²) in [6, 6.07) is 6.94. The number of nitrogens with zero attached hydrogens (tertiary/aromatic N) is 1. The van der Waals surface area contributed by atoms with Gasteiger partial charge >= 0.3 is 6.03 Å². The average Bonchev–Trinajstić information content (AvgIpc) is 2.45. The Balaban J connectivity index is 2.50. The lowest BCUT2D eigenvalue weighted by Crippen LogP contribution is -2.40. The minimum absolute atomic E-state index is 0.0571. The lowest BCUT2D eigenvalue weighted by Gasteiger charge is -2.15. The highest BCUT2D eigenvalue weighted by molar-refractivity contribution is 5.83. The lowest BCUT2D eigenvalue weighted by molar-refractivity contribution is -0.121. The third kappa shape index (κ3) is 6.16. The molecule has 0 heterocycles. The number of likely N-dealkylation sites (N-methyl/N-ethyl adjacent to an activating group) is 1. The van der Waals surface area contributed by atoms with Gasteiger partial charge in [0.25, 0.3) is 0 Å². The van der Waals surface area contributed by atoms with Crippen LogP contribution in [0, 0.1) is 0 Å². The van der Waals surface area contributed by atoms with Gasteiger partial charge in [-0.15, -0.1) is 0 Å². The van der Waals surface area contributed by atoms with Gasteiger partial charge < -0.3 is 20.7 Å². The van der Waals surface area contributed by atoms with E-state index >= 15 is 0 Å². The van der Waals surface area contributed by atoms with E-state index in [-0.39, 0.29) is 18.6 Å². The fourth-order valence-corrected chi connectivity index (χ4v) is 1.59. The molecule has 6 heteroatoms. The van der Waals surface area contributed by atoms with Crippen LogP contribution in [0.1, 0.15) is 25.8 Å². The summed E-state index contributed by atoms with van der Waals surface area (Å²) in [6.07, 6.45) is 1.08. The fourth-order valence-electron chi connectivity index (χ4n) is 1.59. The van der Waals surface area contributed by atoms with Gasteiger partial charge in [0.1, 0.15) is 12.3 Å². The Morgan fingerprint density at radius 1 is 1.43 bits per heavy atom. The number of hydrogen-bond donors (Lipinski definition) is 2. The van der Waals surface area contributed by atoms with Crippen molar-refractivity contribution < 1.29 is 14.3 Å². The second kappa shape index (κ2) is 8.14. The summed E-state index contributed by atoms with van der Waals surface area (Å²) in [5.41, 5.74) is 6.00. The highest BCUT2D eigenvalue weighted by Crippen LogP contribution is 2.15. The Hall–Kier alpha value is -2.24. The summed E-state index contributed by atoms with van der Waals surface area (Å²) in [5, 5.41) is 2.74. The molecule has 21 heavy (non-hydrogen) atoms. The Labute approximate surface area is 125 Å². The number of amides is 3. The molecule has 0 aromatic heterocycles. The van der Waals surface area contributed by atoms with Gasteiger partial charge in [-0.3, -0.25) is 4.79 Å². The van der Waals surface area contributed by atoms with E-state index in [1.54, 1.807) is 0 Å². The molecule has 0 radical (unpaired) electrons. The largest absolute Gasteiger partial charge is 0.491 e. The molecule has 1 rings (SSSR count). The van der Waals surface area contributed by atoms with E-state index in [2.05, 4.69) is 12.2 Å². The third-order valence-electron chi connectivity index (χ3n) is 3.06. The van der Waals surface area contributed by atoms with E-state index in [0.717, 1.165) is 22.6 Å². The van der Waals surface area contributed by atoms with Crippen molar-refractivity contribution in [1.82, 2.24) is 10.2 Å². The molecule has 3 N–H and O–H groups in total. The van der Waals surface area contributed by atoms with Crippen molar-refractivity contribution in [2.24, 2.45) is 5.73 Å². The minimum Gasteiger partial charge on any atom is -0.491 e. The number of ether oxygens (including phenoxy) is 1. The van der Waals surface area contributed by atoms with Crippen molar-refractivity contribution in [2.75, 3.05) is 13.6 Å². The zero-order chi connectivity index (χ0) is 15.8. The molecule has 0 fully saturated rings. The molecule has 0 spiro atoms. The van der Waals surface area contributed by atoms with Crippen LogP contribution in [-0.4, -0.2) is 36.5 Å². The number of hydrogen-bond acceptors (Lipinski definition) is 3. The molecule has 116 valence electrons. The second-order valence-electron chi connectivity index (χ2n) is 4.96. The van der Waals surface area contributed by atoms with Gasteiger partial charge in [-0.25, -0.2) is 4.79 Å². The zero-order valence-electron chi connectivity index (χ0n) is 12.8. The first-order chi connectivity index (χ1) is 9.92. The van der Waals surface area contributed by atoms with Gasteiger partial charge in [0.2, 0.25) is 5.91 Å². The first-order valence-electron chi connectivity index (χ1n) is 6.95. The van der Waals surface area contributed by atoms with Crippen molar-refractivity contribution >= 4 is 11.9 Å². The van der Waals surface area contributed by atoms with Crippen LogP contribution < -0.4 is 15.8 Å². The van der Waals surface area contributed by atoms with Gasteiger partial charge in [-0.05, 0) is 31.0 Å². The predicted molar refractivity (Wildman–Crippen MR) is 80.9 cm³/mol. The Morgan fingerprint density at radius 3 is 2.76 bits per heavy atom. The summed E-state index contributed by atoms with van der Waals surface area (Å²) in [4.78, 5) is 23.6. The second-order valence-corrected chi connectivity index (χ2v) is 4.96. The summed E-state index contributed by atoms with van der Waals surface area (Å²) in [7, 11) is 1.47. The van der Waals surface area contributed by atoms with Crippen LogP contribution in [0.25, 0.3) is 0 Å². The molecule has 6 nitrogen and oxygen atoms in total. The normalized spacial score (nSPS) is 11.6. The number of nitrogens with one attached hydrogen (secondary N) is 1. The van der Waals surface area contributed by atoms with E-state index in [0.29, 0.717) is 6.54 Å². The predicted octanol–water partition coefficient (Wildman–Crippen LogP) is 1.49. The van der Waals surface area contributed by atoms with Crippen LogP contribution in [0.15, 0.2) is 24.3 Å². The maximum atomic E-state index is 11.6. The standard InChI is InChI=1S/C15H23N3O3/c1-4-11(2)21-13-7-5-6-12(8-13)9-17-14(19)10-18(3)15(16)20/h5-8,11H,4,9-10H2,1-3H3,(H2,16,20)(H,17,19)/t11-/m1/s1. The Bertz CT molecular complexity index is 491. The number of primary amides is 1. The van der Waals surface area contributed by atoms with E-state index in [1.165, 1.54) is 7.05 Å². The number of nitrogens with two attached hydrogens (primary N) is 1. The third-order valence-corrected chi connectivity index (χ3v) is 3.06. The van der Waals surface area contributed by atoms with Crippen LogP contribution >= 0.6 is 0 Å². The molecular formula is C15H23N3O3. The fraction of sp³-hybridized carbons (Fsp3) is 0.467. The van der Waals surface area contributed by atoms with E-state index in [9.17, 15) is 9.59 Å². The smallest absolute Gasteiger partial charge is 0.314 e. The number of carbonyl (C=O) groups excluding carboxylic acids is 2. The van der Waals surface area contributed by atoms with Gasteiger partial charge in [-0.1, -0.05) is 19.1 Å². The van der Waals surface area contributed by atoms with Crippen LogP contribution in [0.2, 0.25) is 0 Å². The maximum absolute atomic E-state index is 11.6. The molecule has 0 saturated heterocycles.